The van der Waals surface area contributed by atoms with E-state index in [2.05, 4.69) is 13.8 Å². The fraction of sp³-hybridized carbons (Fsp3) is 0.952. The molecule has 24 heavy (non-hydrogen) atoms. The average Bonchev–Trinajstić information content (AvgIpc) is 2.57. The van der Waals surface area contributed by atoms with Crippen molar-refractivity contribution in [2.45, 2.75) is 123 Å². The van der Waals surface area contributed by atoms with Gasteiger partial charge in [0.05, 0.1) is 0 Å². The van der Waals surface area contributed by atoms with Crippen molar-refractivity contribution in [1.29, 1.82) is 0 Å². The van der Waals surface area contributed by atoms with Crippen molar-refractivity contribution >= 4 is 5.97 Å². The lowest BCUT2D eigenvalue weighted by atomic mass is 10.1. The van der Waals surface area contributed by atoms with E-state index in [0.29, 0.717) is 13.0 Å². The summed E-state index contributed by atoms with van der Waals surface area (Å²) in [6.45, 7) is 4.81. The van der Waals surface area contributed by atoms with E-state index >= 15 is 0 Å². The first-order chi connectivity index (χ1) is 11.7. The number of unbranched alkanes of at least 4 members (excludes halogenated alkanes) is 14. The summed E-state index contributed by atoms with van der Waals surface area (Å²) in [5.74, 6) is -0.666. The second-order valence-corrected chi connectivity index (χ2v) is 6.82. The Labute approximate surface area is 151 Å². The van der Waals surface area contributed by atoms with Crippen LogP contribution in [-0.4, -0.2) is 22.8 Å². The fourth-order valence-corrected chi connectivity index (χ4v) is 2.66. The van der Waals surface area contributed by atoms with Gasteiger partial charge in [0.1, 0.15) is 0 Å². The highest BCUT2D eigenvalue weighted by atomic mass is 16.4. The van der Waals surface area contributed by atoms with E-state index in [4.69, 9.17) is 10.2 Å². The Hall–Kier alpha value is -0.570. The van der Waals surface area contributed by atoms with Crippen LogP contribution < -0.4 is 0 Å². The fourth-order valence-electron chi connectivity index (χ4n) is 2.66. The van der Waals surface area contributed by atoms with Gasteiger partial charge in [-0.1, -0.05) is 104 Å². The van der Waals surface area contributed by atoms with E-state index < -0.39 is 5.97 Å². The quantitative estimate of drug-likeness (QED) is 0.288. The standard InChI is InChI=1S/C12H26O.C9H18O2/c1-2-3-4-5-6-7-8-9-10-11-12-13;1-2-3-4-5-6-7-8-9(10)11/h13H,2-12H2,1H3;2-8H2,1H3,(H,10,11). The predicted octanol–water partition coefficient (Wildman–Crippen LogP) is 6.72. The predicted molar refractivity (Wildman–Crippen MR) is 105 cm³/mol. The molecule has 0 aromatic carbocycles. The van der Waals surface area contributed by atoms with Crippen molar-refractivity contribution in [2.75, 3.05) is 6.61 Å². The van der Waals surface area contributed by atoms with E-state index in [1.54, 1.807) is 0 Å². The highest BCUT2D eigenvalue weighted by Crippen LogP contribution is 2.10. The number of aliphatic carboxylic acids is 1. The van der Waals surface area contributed by atoms with Crippen molar-refractivity contribution in [3.05, 3.63) is 0 Å². The third-order valence-corrected chi connectivity index (χ3v) is 4.26. The number of carboxylic acid groups (broad SMARTS) is 1. The Balaban J connectivity index is 0. The summed E-state index contributed by atoms with van der Waals surface area (Å²) in [6.07, 6.45) is 20.6. The molecule has 0 aromatic rings. The summed E-state index contributed by atoms with van der Waals surface area (Å²) >= 11 is 0. The summed E-state index contributed by atoms with van der Waals surface area (Å²) in [7, 11) is 0. The Morgan fingerprint density at radius 3 is 1.25 bits per heavy atom. The number of aliphatic hydroxyl groups excluding tert-OH is 1. The van der Waals surface area contributed by atoms with Crippen LogP contribution in [0.3, 0.4) is 0 Å². The van der Waals surface area contributed by atoms with Gasteiger partial charge in [-0.05, 0) is 12.8 Å². The molecule has 2 N–H and O–H groups in total. The smallest absolute Gasteiger partial charge is 0.303 e. The Kier molecular flexibility index (Phi) is 26.4. The molecule has 0 aromatic heterocycles. The van der Waals surface area contributed by atoms with Crippen molar-refractivity contribution in [2.24, 2.45) is 0 Å². The first kappa shape index (κ1) is 25.7. The van der Waals surface area contributed by atoms with E-state index in [1.807, 2.05) is 0 Å². The topological polar surface area (TPSA) is 57.5 Å². The van der Waals surface area contributed by atoms with Gasteiger partial charge in [0, 0.05) is 13.0 Å². The van der Waals surface area contributed by atoms with Gasteiger partial charge in [0.15, 0.2) is 0 Å². The minimum absolute atomic E-state index is 0.339. The molecule has 0 spiro atoms. The van der Waals surface area contributed by atoms with Crippen LogP contribution in [0.4, 0.5) is 0 Å². The molecule has 0 atom stereocenters. The van der Waals surface area contributed by atoms with Crippen molar-refractivity contribution < 1.29 is 15.0 Å². The summed E-state index contributed by atoms with van der Waals surface area (Å²) < 4.78 is 0. The van der Waals surface area contributed by atoms with Gasteiger partial charge >= 0.3 is 5.97 Å². The molecule has 0 unspecified atom stereocenters. The van der Waals surface area contributed by atoms with E-state index in [1.165, 1.54) is 83.5 Å². The first-order valence-electron chi connectivity index (χ1n) is 10.5. The minimum atomic E-state index is -0.666. The molecule has 3 nitrogen and oxygen atoms in total. The second-order valence-electron chi connectivity index (χ2n) is 6.82. The van der Waals surface area contributed by atoms with E-state index in [-0.39, 0.29) is 0 Å². The Bertz CT molecular complexity index is 219. The Morgan fingerprint density at radius 2 is 0.917 bits per heavy atom. The zero-order valence-electron chi connectivity index (χ0n) is 16.5. The molecule has 146 valence electrons. The molecule has 0 fully saturated rings. The van der Waals surface area contributed by atoms with E-state index in [0.717, 1.165) is 19.3 Å². The molecular formula is C21H44O3. The lowest BCUT2D eigenvalue weighted by molar-refractivity contribution is -0.137. The molecule has 0 radical (unpaired) electrons. The molecule has 0 rings (SSSR count). The molecule has 0 heterocycles. The number of aliphatic hydroxyl groups is 1. The maximum atomic E-state index is 10.1. The monoisotopic (exact) mass is 344 g/mol. The number of hydrogen-bond acceptors (Lipinski definition) is 2. The highest BCUT2D eigenvalue weighted by molar-refractivity contribution is 5.66. The maximum Gasteiger partial charge on any atom is 0.303 e. The third-order valence-electron chi connectivity index (χ3n) is 4.26. The SMILES string of the molecule is CCCCCCCCC(=O)O.CCCCCCCCCCCCO. The number of rotatable bonds is 17. The summed E-state index contributed by atoms with van der Waals surface area (Å²) in [5.41, 5.74) is 0. The highest BCUT2D eigenvalue weighted by Gasteiger charge is 1.95. The van der Waals surface area contributed by atoms with Crippen LogP contribution in [0.5, 0.6) is 0 Å². The van der Waals surface area contributed by atoms with Crippen molar-refractivity contribution in [1.82, 2.24) is 0 Å². The number of carbonyl (C=O) groups is 1. The largest absolute Gasteiger partial charge is 0.481 e. The van der Waals surface area contributed by atoms with Gasteiger partial charge in [-0.2, -0.15) is 0 Å². The summed E-state index contributed by atoms with van der Waals surface area (Å²) in [5, 5.41) is 16.9. The summed E-state index contributed by atoms with van der Waals surface area (Å²) in [4.78, 5) is 10.1. The van der Waals surface area contributed by atoms with Gasteiger partial charge in [0.25, 0.3) is 0 Å². The molecule has 0 aliphatic carbocycles. The van der Waals surface area contributed by atoms with Gasteiger partial charge in [-0.3, -0.25) is 4.79 Å². The molecule has 0 aliphatic heterocycles. The normalized spacial score (nSPS) is 10.3. The third kappa shape index (κ3) is 29.4. The van der Waals surface area contributed by atoms with Crippen LogP contribution in [-0.2, 0) is 4.79 Å². The molecule has 0 saturated heterocycles. The van der Waals surface area contributed by atoms with Crippen molar-refractivity contribution in [3.63, 3.8) is 0 Å². The molecular weight excluding hydrogens is 300 g/mol. The lowest BCUT2D eigenvalue weighted by Gasteiger charge is -2.00. The van der Waals surface area contributed by atoms with Gasteiger partial charge in [0.2, 0.25) is 0 Å². The summed E-state index contributed by atoms with van der Waals surface area (Å²) in [6, 6.07) is 0. The molecule has 0 bridgehead atoms. The van der Waals surface area contributed by atoms with Crippen LogP contribution in [0.2, 0.25) is 0 Å². The van der Waals surface area contributed by atoms with Crippen LogP contribution in [0.1, 0.15) is 123 Å². The molecule has 0 amide bonds. The zero-order valence-corrected chi connectivity index (χ0v) is 16.5. The number of carboxylic acids is 1. The van der Waals surface area contributed by atoms with Gasteiger partial charge in [-0.25, -0.2) is 0 Å². The molecule has 3 heteroatoms. The average molecular weight is 345 g/mol. The van der Waals surface area contributed by atoms with E-state index in [9.17, 15) is 4.79 Å². The lowest BCUT2D eigenvalue weighted by Crippen LogP contribution is -1.93. The van der Waals surface area contributed by atoms with Crippen molar-refractivity contribution in [3.8, 4) is 0 Å². The second kappa shape index (κ2) is 24.7. The van der Waals surface area contributed by atoms with Crippen LogP contribution in [0.25, 0.3) is 0 Å². The molecule has 0 saturated carbocycles. The van der Waals surface area contributed by atoms with Gasteiger partial charge < -0.3 is 10.2 Å². The maximum absolute atomic E-state index is 10.1. The number of hydrogen-bond donors (Lipinski definition) is 2. The minimum Gasteiger partial charge on any atom is -0.481 e. The van der Waals surface area contributed by atoms with Crippen LogP contribution >= 0.6 is 0 Å². The van der Waals surface area contributed by atoms with Crippen LogP contribution in [0.15, 0.2) is 0 Å². The molecule has 0 aliphatic rings. The Morgan fingerprint density at radius 1 is 0.583 bits per heavy atom. The van der Waals surface area contributed by atoms with Gasteiger partial charge in [-0.15, -0.1) is 0 Å². The zero-order chi connectivity index (χ0) is 18.3. The first-order valence-corrected chi connectivity index (χ1v) is 10.5. The van der Waals surface area contributed by atoms with Crippen LogP contribution in [0, 0.1) is 0 Å².